The van der Waals surface area contributed by atoms with E-state index in [1.165, 1.54) is 154 Å². The van der Waals surface area contributed by atoms with Gasteiger partial charge in [0.2, 0.25) is 0 Å². The van der Waals surface area contributed by atoms with Crippen LogP contribution in [0.5, 0.6) is 0 Å². The summed E-state index contributed by atoms with van der Waals surface area (Å²) >= 11 is 0. The first-order valence-corrected chi connectivity index (χ1v) is 27.3. The van der Waals surface area contributed by atoms with Crippen LogP contribution >= 0.6 is 0 Å². The molecule has 0 saturated heterocycles. The van der Waals surface area contributed by atoms with Gasteiger partial charge in [-0.1, -0.05) is 229 Å². The maximum Gasteiger partial charge on any atom is 0.306 e. The van der Waals surface area contributed by atoms with Crippen molar-refractivity contribution < 1.29 is 28.6 Å². The molecule has 0 aromatic carbocycles. The van der Waals surface area contributed by atoms with Crippen molar-refractivity contribution in [3.63, 3.8) is 0 Å². The van der Waals surface area contributed by atoms with Gasteiger partial charge in [-0.2, -0.15) is 0 Å². The lowest BCUT2D eigenvalue weighted by atomic mass is 10.0. The number of unbranched alkanes of at least 4 members (excludes halogenated alkanes) is 28. The highest BCUT2D eigenvalue weighted by Gasteiger charge is 2.19. The van der Waals surface area contributed by atoms with Gasteiger partial charge in [-0.05, 0) is 83.5 Å². The summed E-state index contributed by atoms with van der Waals surface area (Å²) in [6.45, 7) is 6.57. The molecule has 6 nitrogen and oxygen atoms in total. The number of rotatable bonds is 49. The van der Waals surface area contributed by atoms with E-state index in [9.17, 15) is 14.4 Å². The summed E-state index contributed by atoms with van der Waals surface area (Å²) in [6.07, 6.45) is 64.9. The third kappa shape index (κ3) is 50.1. The van der Waals surface area contributed by atoms with E-state index < -0.39 is 6.10 Å². The monoisotopic (exact) mass is 895 g/mol. The SMILES string of the molecule is CCCCC/C=C\C/C=C\CCCCCCCCCC(=O)OC[C@H](COC(=O)CCCCCCCCCCCCCC)OC(=O)CCC/C=C\C/C=C\C/C=C\CCCCCCCC. The molecule has 1 atom stereocenters. The fraction of sp³-hybridized carbons (Fsp3) is 0.776. The van der Waals surface area contributed by atoms with Gasteiger partial charge >= 0.3 is 17.9 Å². The number of carbonyl (C=O) groups is 3. The molecule has 6 heteroatoms. The molecule has 0 aliphatic rings. The second kappa shape index (κ2) is 52.7. The fourth-order valence-corrected chi connectivity index (χ4v) is 7.61. The van der Waals surface area contributed by atoms with Crippen molar-refractivity contribution in [2.24, 2.45) is 0 Å². The van der Waals surface area contributed by atoms with Crippen molar-refractivity contribution in [1.29, 1.82) is 0 Å². The van der Waals surface area contributed by atoms with Crippen molar-refractivity contribution >= 4 is 17.9 Å². The summed E-state index contributed by atoms with van der Waals surface area (Å²) in [6, 6.07) is 0. The molecule has 64 heavy (non-hydrogen) atoms. The van der Waals surface area contributed by atoms with Gasteiger partial charge in [-0.3, -0.25) is 14.4 Å². The van der Waals surface area contributed by atoms with Gasteiger partial charge in [-0.25, -0.2) is 0 Å². The zero-order chi connectivity index (χ0) is 46.5. The molecule has 0 unspecified atom stereocenters. The predicted molar refractivity (Wildman–Crippen MR) is 275 cm³/mol. The van der Waals surface area contributed by atoms with Crippen molar-refractivity contribution in [3.8, 4) is 0 Å². The molecular weight excluding hydrogens is 793 g/mol. The van der Waals surface area contributed by atoms with Gasteiger partial charge in [0.1, 0.15) is 13.2 Å². The minimum atomic E-state index is -0.801. The van der Waals surface area contributed by atoms with Gasteiger partial charge in [0.15, 0.2) is 6.10 Å². The van der Waals surface area contributed by atoms with E-state index in [0.29, 0.717) is 19.3 Å². The van der Waals surface area contributed by atoms with Crippen LogP contribution in [-0.4, -0.2) is 37.2 Å². The molecule has 370 valence electrons. The van der Waals surface area contributed by atoms with Crippen LogP contribution in [0.2, 0.25) is 0 Å². The van der Waals surface area contributed by atoms with Crippen molar-refractivity contribution in [2.45, 2.75) is 277 Å². The van der Waals surface area contributed by atoms with E-state index in [1.807, 2.05) is 0 Å². The zero-order valence-corrected chi connectivity index (χ0v) is 42.3. The summed E-state index contributed by atoms with van der Waals surface area (Å²) in [4.78, 5) is 38.0. The number of esters is 3. The van der Waals surface area contributed by atoms with Crippen LogP contribution in [0, 0.1) is 0 Å². The van der Waals surface area contributed by atoms with Gasteiger partial charge in [0, 0.05) is 19.3 Å². The van der Waals surface area contributed by atoms with Crippen LogP contribution < -0.4 is 0 Å². The van der Waals surface area contributed by atoms with E-state index >= 15 is 0 Å². The standard InChI is InChI=1S/C58H102O6/c1-4-7-10-13-16-19-22-25-27-29-31-33-36-39-42-45-48-51-57(60)63-54-55(53-62-56(59)50-47-44-41-38-35-24-21-18-15-12-9-6-3)64-58(61)52-49-46-43-40-37-34-32-30-28-26-23-20-17-14-11-8-5-2/h16,19,25-28,32,34,40,43,55H,4-15,17-18,20-24,29-31,33,35-39,41-42,44-54H2,1-3H3/b19-16-,27-25-,28-26-,34-32-,43-40-/t55-/m0/s1. The van der Waals surface area contributed by atoms with E-state index in [2.05, 4.69) is 81.5 Å². The molecule has 0 amide bonds. The summed E-state index contributed by atoms with van der Waals surface area (Å²) in [7, 11) is 0. The normalized spacial score (nSPS) is 12.5. The average Bonchev–Trinajstić information content (AvgIpc) is 3.29. The van der Waals surface area contributed by atoms with Crippen LogP contribution in [0.3, 0.4) is 0 Å². The van der Waals surface area contributed by atoms with E-state index in [0.717, 1.165) is 70.6 Å². The molecule has 0 fully saturated rings. The maximum absolute atomic E-state index is 12.8. The third-order valence-electron chi connectivity index (χ3n) is 11.7. The first-order valence-electron chi connectivity index (χ1n) is 27.3. The Morgan fingerprint density at radius 1 is 0.312 bits per heavy atom. The lowest BCUT2D eigenvalue weighted by molar-refractivity contribution is -0.167. The highest BCUT2D eigenvalue weighted by atomic mass is 16.6. The summed E-state index contributed by atoms with van der Waals surface area (Å²) in [5.41, 5.74) is 0. The largest absolute Gasteiger partial charge is 0.462 e. The fourth-order valence-electron chi connectivity index (χ4n) is 7.61. The average molecular weight is 895 g/mol. The number of carbonyl (C=O) groups excluding carboxylic acids is 3. The topological polar surface area (TPSA) is 78.9 Å². The number of hydrogen-bond donors (Lipinski definition) is 0. The second-order valence-corrected chi connectivity index (χ2v) is 18.1. The van der Waals surface area contributed by atoms with Gasteiger partial charge < -0.3 is 14.2 Å². The third-order valence-corrected chi connectivity index (χ3v) is 11.7. The second-order valence-electron chi connectivity index (χ2n) is 18.1. The summed E-state index contributed by atoms with van der Waals surface area (Å²) in [5.74, 6) is -0.949. The quantitative estimate of drug-likeness (QED) is 0.0262. The molecule has 0 radical (unpaired) electrons. The molecule has 0 N–H and O–H groups in total. The summed E-state index contributed by atoms with van der Waals surface area (Å²) < 4.78 is 16.8. The highest BCUT2D eigenvalue weighted by Crippen LogP contribution is 2.15. The lowest BCUT2D eigenvalue weighted by Crippen LogP contribution is -2.30. The van der Waals surface area contributed by atoms with Crippen molar-refractivity contribution in [3.05, 3.63) is 60.8 Å². The molecule has 0 heterocycles. The number of ether oxygens (including phenoxy) is 3. The molecule has 0 aromatic rings. The Balaban J connectivity index is 4.45. The Kier molecular flexibility index (Phi) is 50.4. The maximum atomic E-state index is 12.8. The molecule has 0 bridgehead atoms. The van der Waals surface area contributed by atoms with Crippen LogP contribution in [-0.2, 0) is 28.6 Å². The van der Waals surface area contributed by atoms with Crippen molar-refractivity contribution in [2.75, 3.05) is 13.2 Å². The van der Waals surface area contributed by atoms with Crippen molar-refractivity contribution in [1.82, 2.24) is 0 Å². The van der Waals surface area contributed by atoms with Crippen LogP contribution in [0.25, 0.3) is 0 Å². The molecule has 0 spiro atoms. The Morgan fingerprint density at radius 3 is 0.953 bits per heavy atom. The number of allylic oxidation sites excluding steroid dienone is 10. The molecule has 0 aliphatic carbocycles. The Morgan fingerprint density at radius 2 is 0.578 bits per heavy atom. The van der Waals surface area contributed by atoms with Crippen LogP contribution in [0.15, 0.2) is 60.8 Å². The molecule has 0 aliphatic heterocycles. The summed E-state index contributed by atoms with van der Waals surface area (Å²) in [5, 5.41) is 0. The zero-order valence-electron chi connectivity index (χ0n) is 42.3. The highest BCUT2D eigenvalue weighted by molar-refractivity contribution is 5.71. The molecule has 0 saturated carbocycles. The molecular formula is C58H102O6. The Hall–Kier alpha value is -2.89. The van der Waals surface area contributed by atoms with E-state index in [-0.39, 0.29) is 37.5 Å². The van der Waals surface area contributed by atoms with E-state index in [4.69, 9.17) is 14.2 Å². The lowest BCUT2D eigenvalue weighted by Gasteiger charge is -2.18. The predicted octanol–water partition coefficient (Wildman–Crippen LogP) is 18.0. The van der Waals surface area contributed by atoms with E-state index in [1.54, 1.807) is 0 Å². The van der Waals surface area contributed by atoms with Crippen LogP contribution in [0.1, 0.15) is 271 Å². The molecule has 0 aromatic heterocycles. The first-order chi connectivity index (χ1) is 31.5. The smallest absolute Gasteiger partial charge is 0.306 e. The molecule has 0 rings (SSSR count). The minimum absolute atomic E-state index is 0.0947. The minimum Gasteiger partial charge on any atom is -0.462 e. The number of hydrogen-bond acceptors (Lipinski definition) is 6. The Labute approximate surface area is 396 Å². The van der Waals surface area contributed by atoms with Gasteiger partial charge in [0.25, 0.3) is 0 Å². The first kappa shape index (κ1) is 61.1. The Bertz CT molecular complexity index is 1170. The van der Waals surface area contributed by atoms with Crippen LogP contribution in [0.4, 0.5) is 0 Å². The van der Waals surface area contributed by atoms with Gasteiger partial charge in [0.05, 0.1) is 0 Å². The van der Waals surface area contributed by atoms with Gasteiger partial charge in [-0.15, -0.1) is 0 Å².